The highest BCUT2D eigenvalue weighted by molar-refractivity contribution is 8.18. The molecule has 20 heavy (non-hydrogen) atoms. The number of hydrogen-bond acceptors (Lipinski definition) is 2. The summed E-state index contributed by atoms with van der Waals surface area (Å²) in [6, 6.07) is 19.4. The van der Waals surface area contributed by atoms with Crippen LogP contribution < -0.4 is 0 Å². The second kappa shape index (κ2) is 6.44. The molecule has 0 unspecified atom stereocenters. The van der Waals surface area contributed by atoms with E-state index in [4.69, 9.17) is 0 Å². The van der Waals surface area contributed by atoms with E-state index in [9.17, 15) is 9.59 Å². The number of hydrogen-bond donors (Lipinski definition) is 0. The number of carbonyl (C=O) groups excluding carboxylic acids is 2. The third-order valence-corrected chi connectivity index (χ3v) is 5.27. The third kappa shape index (κ3) is 3.11. The first kappa shape index (κ1) is 14.4. The van der Waals surface area contributed by atoms with E-state index in [1.54, 1.807) is 0 Å². The zero-order chi connectivity index (χ0) is 14.5. The fourth-order valence-corrected chi connectivity index (χ4v) is 4.20. The number of ketones is 2. The molecule has 0 radical (unpaired) electrons. The van der Waals surface area contributed by atoms with Gasteiger partial charge in [-0.25, -0.2) is 0 Å². The molecule has 2 rings (SSSR count). The standard InChI is InChI=1S/C17H16O2S/c1-13(18)17(14(2)19)20(15-9-5-3-6-10-15)16-11-7-4-8-12-16/h3-12H,1-2H3. The maximum atomic E-state index is 11.9. The van der Waals surface area contributed by atoms with E-state index >= 15 is 0 Å². The van der Waals surface area contributed by atoms with Crippen LogP contribution in [0, 0.1) is 0 Å². The van der Waals surface area contributed by atoms with Crippen LogP contribution in [0.15, 0.2) is 70.5 Å². The molecule has 0 atom stereocenters. The normalized spacial score (nSPS) is 10.3. The molecule has 0 fully saturated rings. The van der Waals surface area contributed by atoms with E-state index in [-0.39, 0.29) is 11.6 Å². The van der Waals surface area contributed by atoms with Crippen LogP contribution in [0.3, 0.4) is 0 Å². The first-order chi connectivity index (χ1) is 9.61. The van der Waals surface area contributed by atoms with Gasteiger partial charge in [-0.05, 0) is 38.1 Å². The van der Waals surface area contributed by atoms with Crippen molar-refractivity contribution in [3.63, 3.8) is 0 Å². The molecule has 3 heteroatoms. The van der Waals surface area contributed by atoms with Gasteiger partial charge >= 0.3 is 0 Å². The quantitative estimate of drug-likeness (QED) is 0.633. The highest BCUT2D eigenvalue weighted by atomic mass is 32.2. The Hall–Kier alpha value is -2.00. The van der Waals surface area contributed by atoms with Crippen molar-refractivity contribution in [1.82, 2.24) is 0 Å². The summed E-state index contributed by atoms with van der Waals surface area (Å²) in [5.41, 5.74) is 0. The van der Waals surface area contributed by atoms with Crippen molar-refractivity contribution in [2.45, 2.75) is 23.6 Å². The number of Topliss-reactive ketones (excluding diaryl/α,β-unsaturated/α-hetero) is 2. The fraction of sp³-hybridized carbons (Fsp3) is 0.118. The fourth-order valence-electron chi connectivity index (χ4n) is 2.02. The predicted octanol–water partition coefficient (Wildman–Crippen LogP) is 3.72. The molecular weight excluding hydrogens is 268 g/mol. The van der Waals surface area contributed by atoms with Gasteiger partial charge in [0.05, 0.1) is 4.86 Å². The first-order valence-corrected chi connectivity index (χ1v) is 7.57. The van der Waals surface area contributed by atoms with Gasteiger partial charge in [-0.2, -0.15) is 0 Å². The summed E-state index contributed by atoms with van der Waals surface area (Å²) in [5, 5.41) is 0. The van der Waals surface area contributed by atoms with Gasteiger partial charge in [-0.1, -0.05) is 36.4 Å². The molecule has 0 saturated heterocycles. The minimum atomic E-state index is -0.632. The van der Waals surface area contributed by atoms with Crippen molar-refractivity contribution >= 4 is 26.9 Å². The van der Waals surface area contributed by atoms with Crippen molar-refractivity contribution in [3.05, 3.63) is 60.7 Å². The lowest BCUT2D eigenvalue weighted by atomic mass is 10.2. The number of rotatable bonds is 4. The molecule has 2 aromatic rings. The minimum absolute atomic E-state index is 0.159. The summed E-state index contributed by atoms with van der Waals surface area (Å²) in [4.78, 5) is 26.2. The van der Waals surface area contributed by atoms with Gasteiger partial charge in [0, 0.05) is 9.79 Å². The Morgan fingerprint density at radius 2 is 1.05 bits per heavy atom. The SMILES string of the molecule is CC(=O)C(C(C)=O)=S(c1ccccc1)c1ccccc1. The molecule has 0 bridgehead atoms. The Balaban J connectivity index is 2.77. The monoisotopic (exact) mass is 284 g/mol. The molecule has 0 saturated carbocycles. The van der Waals surface area contributed by atoms with Gasteiger partial charge in [0.2, 0.25) is 0 Å². The maximum Gasteiger partial charge on any atom is 0.169 e. The zero-order valence-corrected chi connectivity index (χ0v) is 12.3. The van der Waals surface area contributed by atoms with Crippen LogP contribution in [-0.4, -0.2) is 16.4 Å². The van der Waals surface area contributed by atoms with Gasteiger partial charge in [0.1, 0.15) is 0 Å². The van der Waals surface area contributed by atoms with Crippen molar-refractivity contribution in [2.24, 2.45) is 0 Å². The Labute approximate surface area is 121 Å². The Morgan fingerprint density at radius 3 is 1.35 bits per heavy atom. The number of carbonyl (C=O) groups is 2. The van der Waals surface area contributed by atoms with Crippen LogP contribution in [-0.2, 0) is 9.59 Å². The molecule has 0 N–H and O–H groups in total. The summed E-state index contributed by atoms with van der Waals surface area (Å²) in [7, 11) is -0.632. The zero-order valence-electron chi connectivity index (χ0n) is 11.5. The summed E-state index contributed by atoms with van der Waals surface area (Å²) in [5.74, 6) is -0.318. The molecule has 0 aliphatic heterocycles. The third-order valence-electron chi connectivity index (χ3n) is 2.80. The molecule has 102 valence electrons. The first-order valence-electron chi connectivity index (χ1n) is 6.34. The molecule has 2 aromatic carbocycles. The van der Waals surface area contributed by atoms with Crippen LogP contribution in [0.4, 0.5) is 0 Å². The van der Waals surface area contributed by atoms with E-state index in [0.717, 1.165) is 9.79 Å². The van der Waals surface area contributed by atoms with Gasteiger partial charge in [0.25, 0.3) is 0 Å². The van der Waals surface area contributed by atoms with Gasteiger partial charge in [0.15, 0.2) is 11.6 Å². The van der Waals surface area contributed by atoms with Gasteiger partial charge in [-0.3, -0.25) is 9.59 Å². The lowest BCUT2D eigenvalue weighted by Gasteiger charge is -2.14. The van der Waals surface area contributed by atoms with Crippen molar-refractivity contribution in [2.75, 3.05) is 0 Å². The minimum Gasteiger partial charge on any atom is -0.294 e. The average Bonchev–Trinajstić information content (AvgIpc) is 2.45. The number of benzene rings is 2. The van der Waals surface area contributed by atoms with E-state index in [2.05, 4.69) is 0 Å². The van der Waals surface area contributed by atoms with Crippen LogP contribution in [0.1, 0.15) is 13.8 Å². The molecule has 0 amide bonds. The van der Waals surface area contributed by atoms with Crippen LogP contribution in [0.2, 0.25) is 0 Å². The van der Waals surface area contributed by atoms with Crippen molar-refractivity contribution in [3.8, 4) is 0 Å². The van der Waals surface area contributed by atoms with Crippen LogP contribution in [0.25, 0.3) is 0 Å². The molecule has 0 heterocycles. The van der Waals surface area contributed by atoms with Crippen molar-refractivity contribution < 1.29 is 9.59 Å². The topological polar surface area (TPSA) is 34.1 Å². The van der Waals surface area contributed by atoms with Gasteiger partial charge in [-0.15, -0.1) is 10.5 Å². The maximum absolute atomic E-state index is 11.9. The smallest absolute Gasteiger partial charge is 0.169 e. The summed E-state index contributed by atoms with van der Waals surface area (Å²) >= 11 is 0. The summed E-state index contributed by atoms with van der Waals surface area (Å²) in [6.07, 6.45) is 0. The molecule has 0 aliphatic carbocycles. The molecule has 0 aromatic heterocycles. The predicted molar refractivity (Wildman–Crippen MR) is 83.4 cm³/mol. The van der Waals surface area contributed by atoms with Crippen LogP contribution >= 0.6 is 10.5 Å². The second-order valence-corrected chi connectivity index (χ2v) is 6.34. The highest BCUT2D eigenvalue weighted by Gasteiger charge is 2.18. The largest absolute Gasteiger partial charge is 0.294 e. The molecule has 2 nitrogen and oxygen atoms in total. The molecular formula is C17H16O2S. The average molecular weight is 284 g/mol. The van der Waals surface area contributed by atoms with E-state index in [1.165, 1.54) is 13.8 Å². The second-order valence-electron chi connectivity index (χ2n) is 4.37. The lowest BCUT2D eigenvalue weighted by molar-refractivity contribution is -0.114. The van der Waals surface area contributed by atoms with Crippen molar-refractivity contribution in [1.29, 1.82) is 0 Å². The molecule has 0 aliphatic rings. The lowest BCUT2D eigenvalue weighted by Crippen LogP contribution is -2.19. The Kier molecular flexibility index (Phi) is 4.64. The Morgan fingerprint density at radius 1 is 0.700 bits per heavy atom. The van der Waals surface area contributed by atoms with E-state index in [1.807, 2.05) is 60.7 Å². The Bertz CT molecular complexity index is 600. The van der Waals surface area contributed by atoms with E-state index in [0.29, 0.717) is 4.86 Å². The van der Waals surface area contributed by atoms with Crippen LogP contribution in [0.5, 0.6) is 0 Å². The molecule has 0 spiro atoms. The summed E-state index contributed by atoms with van der Waals surface area (Å²) < 4.78 is 0. The van der Waals surface area contributed by atoms with E-state index < -0.39 is 10.5 Å². The van der Waals surface area contributed by atoms with Gasteiger partial charge < -0.3 is 0 Å². The highest BCUT2D eigenvalue weighted by Crippen LogP contribution is 2.37. The summed E-state index contributed by atoms with van der Waals surface area (Å²) in [6.45, 7) is 2.92.